The molecule has 2 aromatic rings. The van der Waals surface area contributed by atoms with E-state index in [0.717, 1.165) is 12.2 Å². The lowest BCUT2D eigenvalue weighted by Crippen LogP contribution is -1.81. The second-order valence-corrected chi connectivity index (χ2v) is 4.49. The largest absolute Gasteiger partial charge is 0.497 e. The standard InChI is InChI=1S/C14H14OS/c1-15-13-9-7-12(8-10-13)4-2-5-14-6-3-11-16-14/h2-4,6-11H,5H2,1H3/b4-2+. The maximum atomic E-state index is 5.11. The quantitative estimate of drug-likeness (QED) is 0.771. The molecule has 1 nitrogen and oxygen atoms in total. The van der Waals surface area contributed by atoms with Crippen molar-refractivity contribution in [1.29, 1.82) is 0 Å². The summed E-state index contributed by atoms with van der Waals surface area (Å²) in [7, 11) is 1.68. The predicted octanol–water partition coefficient (Wildman–Crippen LogP) is 4.01. The van der Waals surface area contributed by atoms with E-state index in [-0.39, 0.29) is 0 Å². The van der Waals surface area contributed by atoms with Crippen LogP contribution in [0.4, 0.5) is 0 Å². The highest BCUT2D eigenvalue weighted by Crippen LogP contribution is 2.14. The zero-order valence-corrected chi connectivity index (χ0v) is 10.0. The van der Waals surface area contributed by atoms with Gasteiger partial charge in [-0.15, -0.1) is 11.3 Å². The fraction of sp³-hybridized carbons (Fsp3) is 0.143. The van der Waals surface area contributed by atoms with Crippen LogP contribution in [0, 0.1) is 0 Å². The van der Waals surface area contributed by atoms with Crippen molar-refractivity contribution < 1.29 is 4.74 Å². The summed E-state index contributed by atoms with van der Waals surface area (Å²) in [5.41, 5.74) is 1.21. The Hall–Kier alpha value is -1.54. The number of rotatable bonds is 4. The lowest BCUT2D eigenvalue weighted by atomic mass is 10.2. The van der Waals surface area contributed by atoms with Gasteiger partial charge in [0.05, 0.1) is 7.11 Å². The summed E-state index contributed by atoms with van der Waals surface area (Å²) in [5.74, 6) is 0.899. The first-order valence-corrected chi connectivity index (χ1v) is 6.09. The van der Waals surface area contributed by atoms with E-state index in [0.29, 0.717) is 0 Å². The maximum Gasteiger partial charge on any atom is 0.118 e. The average Bonchev–Trinajstić information content (AvgIpc) is 2.83. The summed E-state index contributed by atoms with van der Waals surface area (Å²) in [5, 5.41) is 2.11. The maximum absolute atomic E-state index is 5.11. The third-order valence-corrected chi connectivity index (χ3v) is 3.22. The van der Waals surface area contributed by atoms with Crippen LogP contribution in [-0.4, -0.2) is 7.11 Å². The highest BCUT2D eigenvalue weighted by Gasteiger charge is 1.91. The zero-order chi connectivity index (χ0) is 11.2. The van der Waals surface area contributed by atoms with E-state index in [1.165, 1.54) is 10.4 Å². The van der Waals surface area contributed by atoms with Gasteiger partial charge in [0.25, 0.3) is 0 Å². The van der Waals surface area contributed by atoms with E-state index in [4.69, 9.17) is 4.74 Å². The van der Waals surface area contributed by atoms with Crippen LogP contribution in [0.15, 0.2) is 47.9 Å². The summed E-state index contributed by atoms with van der Waals surface area (Å²) in [6.45, 7) is 0. The number of methoxy groups -OCH3 is 1. The highest BCUT2D eigenvalue weighted by molar-refractivity contribution is 7.09. The zero-order valence-electron chi connectivity index (χ0n) is 9.22. The number of hydrogen-bond acceptors (Lipinski definition) is 2. The van der Waals surface area contributed by atoms with Gasteiger partial charge in [-0.05, 0) is 29.1 Å². The molecule has 0 radical (unpaired) electrons. The Morgan fingerprint density at radius 3 is 2.62 bits per heavy atom. The molecule has 0 unspecified atom stereocenters. The lowest BCUT2D eigenvalue weighted by Gasteiger charge is -1.98. The summed E-state index contributed by atoms with van der Waals surface area (Å²) < 4.78 is 5.11. The molecular weight excluding hydrogens is 216 g/mol. The fourth-order valence-electron chi connectivity index (χ4n) is 1.45. The predicted molar refractivity (Wildman–Crippen MR) is 70.1 cm³/mol. The van der Waals surface area contributed by atoms with Crippen molar-refractivity contribution in [2.75, 3.05) is 7.11 Å². The third kappa shape index (κ3) is 2.97. The van der Waals surface area contributed by atoms with E-state index < -0.39 is 0 Å². The summed E-state index contributed by atoms with van der Waals surface area (Å²) in [4.78, 5) is 1.39. The molecule has 16 heavy (non-hydrogen) atoms. The number of ether oxygens (including phenoxy) is 1. The smallest absolute Gasteiger partial charge is 0.118 e. The van der Waals surface area contributed by atoms with Crippen molar-refractivity contribution >= 4 is 17.4 Å². The van der Waals surface area contributed by atoms with Crippen LogP contribution in [0.2, 0.25) is 0 Å². The molecule has 2 heteroatoms. The van der Waals surface area contributed by atoms with Crippen LogP contribution in [0.25, 0.3) is 6.08 Å². The molecule has 0 saturated carbocycles. The van der Waals surface area contributed by atoms with Crippen LogP contribution in [0.3, 0.4) is 0 Å². The average molecular weight is 230 g/mol. The Balaban J connectivity index is 1.95. The van der Waals surface area contributed by atoms with Crippen molar-refractivity contribution in [2.24, 2.45) is 0 Å². The van der Waals surface area contributed by atoms with Gasteiger partial charge in [0, 0.05) is 11.3 Å². The highest BCUT2D eigenvalue weighted by atomic mass is 32.1. The van der Waals surface area contributed by atoms with Gasteiger partial charge in [0.2, 0.25) is 0 Å². The van der Waals surface area contributed by atoms with Gasteiger partial charge in [0.15, 0.2) is 0 Å². The Morgan fingerprint density at radius 2 is 2.00 bits per heavy atom. The molecule has 1 aromatic heterocycles. The fourth-order valence-corrected chi connectivity index (χ4v) is 2.14. The van der Waals surface area contributed by atoms with Crippen molar-refractivity contribution in [2.45, 2.75) is 6.42 Å². The number of benzene rings is 1. The molecule has 0 aliphatic rings. The van der Waals surface area contributed by atoms with Gasteiger partial charge in [-0.3, -0.25) is 0 Å². The van der Waals surface area contributed by atoms with Crippen molar-refractivity contribution in [3.8, 4) is 5.75 Å². The number of hydrogen-bond donors (Lipinski definition) is 0. The Morgan fingerprint density at radius 1 is 1.19 bits per heavy atom. The molecule has 1 heterocycles. The van der Waals surface area contributed by atoms with Crippen LogP contribution in [0.1, 0.15) is 10.4 Å². The van der Waals surface area contributed by atoms with Gasteiger partial charge in [-0.2, -0.15) is 0 Å². The molecule has 0 atom stereocenters. The molecular formula is C14H14OS. The molecule has 0 bridgehead atoms. The van der Waals surface area contributed by atoms with Gasteiger partial charge < -0.3 is 4.74 Å². The van der Waals surface area contributed by atoms with Crippen LogP contribution in [0.5, 0.6) is 5.75 Å². The van der Waals surface area contributed by atoms with Gasteiger partial charge in [0.1, 0.15) is 5.75 Å². The molecule has 0 N–H and O–H groups in total. The molecule has 0 aliphatic heterocycles. The van der Waals surface area contributed by atoms with Crippen molar-refractivity contribution in [3.63, 3.8) is 0 Å². The van der Waals surface area contributed by atoms with E-state index in [9.17, 15) is 0 Å². The number of thiophene rings is 1. The molecule has 0 saturated heterocycles. The monoisotopic (exact) mass is 230 g/mol. The summed E-state index contributed by atoms with van der Waals surface area (Å²) in [6.07, 6.45) is 5.33. The third-order valence-electron chi connectivity index (χ3n) is 2.33. The van der Waals surface area contributed by atoms with Gasteiger partial charge in [-0.1, -0.05) is 30.4 Å². The minimum Gasteiger partial charge on any atom is -0.497 e. The Bertz CT molecular complexity index is 440. The van der Waals surface area contributed by atoms with Crippen molar-refractivity contribution in [1.82, 2.24) is 0 Å². The number of allylic oxidation sites excluding steroid dienone is 1. The van der Waals surface area contributed by atoms with E-state index in [2.05, 4.69) is 41.8 Å². The molecule has 0 aliphatic carbocycles. The molecule has 0 amide bonds. The van der Waals surface area contributed by atoms with Crippen molar-refractivity contribution in [3.05, 3.63) is 58.3 Å². The normalized spacial score (nSPS) is 10.8. The van der Waals surface area contributed by atoms with Crippen LogP contribution < -0.4 is 4.74 Å². The Labute approximate surface area is 100 Å². The molecule has 0 spiro atoms. The minimum atomic E-state index is 0.899. The topological polar surface area (TPSA) is 9.23 Å². The first-order valence-electron chi connectivity index (χ1n) is 5.21. The van der Waals surface area contributed by atoms with Gasteiger partial charge >= 0.3 is 0 Å². The van der Waals surface area contributed by atoms with Crippen LogP contribution in [-0.2, 0) is 6.42 Å². The van der Waals surface area contributed by atoms with E-state index in [1.807, 2.05) is 12.1 Å². The molecule has 1 aromatic carbocycles. The van der Waals surface area contributed by atoms with E-state index in [1.54, 1.807) is 18.4 Å². The SMILES string of the molecule is COc1ccc(/C=C/Cc2cccs2)cc1. The summed E-state index contributed by atoms with van der Waals surface area (Å²) >= 11 is 1.79. The lowest BCUT2D eigenvalue weighted by molar-refractivity contribution is 0.415. The first kappa shape index (κ1) is 11.0. The van der Waals surface area contributed by atoms with Gasteiger partial charge in [-0.25, -0.2) is 0 Å². The minimum absolute atomic E-state index is 0.899. The second-order valence-electron chi connectivity index (χ2n) is 3.46. The molecule has 82 valence electrons. The molecule has 2 rings (SSSR count). The Kier molecular flexibility index (Phi) is 3.78. The van der Waals surface area contributed by atoms with E-state index >= 15 is 0 Å². The first-order chi connectivity index (χ1) is 7.88. The second kappa shape index (κ2) is 5.52. The molecule has 0 fully saturated rings. The summed E-state index contributed by atoms with van der Waals surface area (Å²) in [6, 6.07) is 12.3. The van der Waals surface area contributed by atoms with Crippen LogP contribution >= 0.6 is 11.3 Å².